The van der Waals surface area contributed by atoms with E-state index in [2.05, 4.69) is 0 Å². The Morgan fingerprint density at radius 1 is 1.38 bits per heavy atom. The number of aryl methyl sites for hydroxylation is 1. The Balaban J connectivity index is 3.22. The first-order valence-electron chi connectivity index (χ1n) is 3.76. The molecule has 0 aliphatic carbocycles. The van der Waals surface area contributed by atoms with E-state index in [4.69, 9.17) is 14.8 Å². The van der Waals surface area contributed by atoms with Crippen LogP contribution in [0.5, 0.6) is 5.75 Å². The molecule has 0 fully saturated rings. The van der Waals surface area contributed by atoms with Crippen molar-refractivity contribution in [3.05, 3.63) is 23.5 Å². The van der Waals surface area contributed by atoms with Crippen LogP contribution >= 0.6 is 0 Å². The van der Waals surface area contributed by atoms with Gasteiger partial charge >= 0.3 is 7.12 Å². The van der Waals surface area contributed by atoms with E-state index in [9.17, 15) is 4.39 Å². The molecule has 0 aliphatic heterocycles. The standard InChI is InChI=1S/C8H10BFO3/c1-5-3-7(10)8(13-2)4-6(5)9(11)12/h3-4,11-12H,1-2H3. The molecule has 0 heterocycles. The topological polar surface area (TPSA) is 49.7 Å². The number of methoxy groups -OCH3 is 1. The minimum Gasteiger partial charge on any atom is -0.494 e. The first-order valence-corrected chi connectivity index (χ1v) is 3.76. The van der Waals surface area contributed by atoms with Gasteiger partial charge in [-0.1, -0.05) is 0 Å². The Morgan fingerprint density at radius 3 is 2.46 bits per heavy atom. The molecule has 1 aromatic rings. The Bertz CT molecular complexity index is 315. The third-order valence-corrected chi connectivity index (χ3v) is 1.82. The van der Waals surface area contributed by atoms with Crippen molar-refractivity contribution in [1.29, 1.82) is 0 Å². The van der Waals surface area contributed by atoms with Crippen LogP contribution in [-0.4, -0.2) is 24.3 Å². The summed E-state index contributed by atoms with van der Waals surface area (Å²) in [4.78, 5) is 0. The van der Waals surface area contributed by atoms with Crippen LogP contribution in [0.15, 0.2) is 12.1 Å². The molecule has 5 heteroatoms. The van der Waals surface area contributed by atoms with Crippen molar-refractivity contribution in [2.75, 3.05) is 7.11 Å². The molecule has 0 spiro atoms. The normalized spacial score (nSPS) is 9.92. The van der Waals surface area contributed by atoms with Crippen LogP contribution in [0.4, 0.5) is 4.39 Å². The van der Waals surface area contributed by atoms with Crippen molar-refractivity contribution >= 4 is 12.6 Å². The van der Waals surface area contributed by atoms with Gasteiger partial charge in [0.1, 0.15) is 0 Å². The third kappa shape index (κ3) is 1.99. The molecule has 0 aliphatic rings. The van der Waals surface area contributed by atoms with Gasteiger partial charge in [0.25, 0.3) is 0 Å². The fraction of sp³-hybridized carbons (Fsp3) is 0.250. The summed E-state index contributed by atoms with van der Waals surface area (Å²) >= 11 is 0. The van der Waals surface area contributed by atoms with Gasteiger partial charge < -0.3 is 14.8 Å². The van der Waals surface area contributed by atoms with Crippen molar-refractivity contribution in [3.8, 4) is 5.75 Å². The summed E-state index contributed by atoms with van der Waals surface area (Å²) in [6, 6.07) is 2.48. The van der Waals surface area contributed by atoms with E-state index in [0.29, 0.717) is 5.56 Å². The van der Waals surface area contributed by atoms with Crippen molar-refractivity contribution in [2.24, 2.45) is 0 Å². The second kappa shape index (κ2) is 3.76. The maximum Gasteiger partial charge on any atom is 0.488 e. The minimum atomic E-state index is -1.60. The average molecular weight is 184 g/mol. The quantitative estimate of drug-likeness (QED) is 0.627. The van der Waals surface area contributed by atoms with Crippen LogP contribution in [0, 0.1) is 12.7 Å². The second-order valence-corrected chi connectivity index (χ2v) is 2.72. The summed E-state index contributed by atoms with van der Waals surface area (Å²) in [6.07, 6.45) is 0. The average Bonchev–Trinajstić information content (AvgIpc) is 2.03. The van der Waals surface area contributed by atoms with E-state index in [1.165, 1.54) is 19.2 Å². The minimum absolute atomic E-state index is 0.00806. The van der Waals surface area contributed by atoms with Gasteiger partial charge in [-0.3, -0.25) is 0 Å². The monoisotopic (exact) mass is 184 g/mol. The Labute approximate surface area is 75.9 Å². The van der Waals surface area contributed by atoms with E-state index in [1.54, 1.807) is 6.92 Å². The van der Waals surface area contributed by atoms with Crippen LogP contribution in [0.3, 0.4) is 0 Å². The zero-order valence-electron chi connectivity index (χ0n) is 7.41. The molecule has 0 amide bonds. The number of hydrogen-bond donors (Lipinski definition) is 2. The van der Waals surface area contributed by atoms with Gasteiger partial charge in [-0.25, -0.2) is 4.39 Å². The zero-order chi connectivity index (χ0) is 10.0. The predicted molar refractivity (Wildman–Crippen MR) is 47.5 cm³/mol. The lowest BCUT2D eigenvalue weighted by atomic mass is 9.77. The first-order chi connectivity index (χ1) is 6.06. The Kier molecular flexibility index (Phi) is 2.90. The summed E-state index contributed by atoms with van der Waals surface area (Å²) in [5.41, 5.74) is 0.728. The van der Waals surface area contributed by atoms with E-state index < -0.39 is 12.9 Å². The summed E-state index contributed by atoms with van der Waals surface area (Å²) in [5.74, 6) is -0.502. The summed E-state index contributed by atoms with van der Waals surface area (Å²) in [7, 11) is -0.282. The van der Waals surface area contributed by atoms with Gasteiger partial charge in [0.2, 0.25) is 0 Å². The van der Waals surface area contributed by atoms with Crippen LogP contribution in [-0.2, 0) is 0 Å². The SMILES string of the molecule is COc1cc(B(O)O)c(C)cc1F. The van der Waals surface area contributed by atoms with Crippen LogP contribution < -0.4 is 10.2 Å². The summed E-state index contributed by atoms with van der Waals surface area (Å²) in [5, 5.41) is 17.8. The highest BCUT2D eigenvalue weighted by Gasteiger charge is 2.17. The van der Waals surface area contributed by atoms with Crippen LogP contribution in [0.2, 0.25) is 0 Å². The fourth-order valence-corrected chi connectivity index (χ4v) is 1.10. The highest BCUT2D eigenvalue weighted by atomic mass is 19.1. The number of benzene rings is 1. The zero-order valence-corrected chi connectivity index (χ0v) is 7.41. The molecule has 0 aromatic heterocycles. The molecule has 0 unspecified atom stereocenters. The summed E-state index contributed by atoms with van der Waals surface area (Å²) < 4.78 is 17.7. The smallest absolute Gasteiger partial charge is 0.488 e. The Morgan fingerprint density at radius 2 is 2.00 bits per heavy atom. The van der Waals surface area contributed by atoms with Gasteiger partial charge in [0.15, 0.2) is 11.6 Å². The van der Waals surface area contributed by atoms with Gasteiger partial charge in [0, 0.05) is 0 Å². The van der Waals surface area contributed by atoms with Crippen molar-refractivity contribution in [2.45, 2.75) is 6.92 Å². The van der Waals surface area contributed by atoms with Crippen molar-refractivity contribution in [3.63, 3.8) is 0 Å². The van der Waals surface area contributed by atoms with Gasteiger partial charge in [-0.2, -0.15) is 0 Å². The molecule has 0 saturated heterocycles. The first kappa shape index (κ1) is 10.0. The highest BCUT2D eigenvalue weighted by molar-refractivity contribution is 6.59. The highest BCUT2D eigenvalue weighted by Crippen LogP contribution is 2.15. The number of rotatable bonds is 2. The molecule has 0 radical (unpaired) electrons. The van der Waals surface area contributed by atoms with Crippen molar-refractivity contribution in [1.82, 2.24) is 0 Å². The second-order valence-electron chi connectivity index (χ2n) is 2.72. The lowest BCUT2D eigenvalue weighted by Gasteiger charge is -2.08. The lowest BCUT2D eigenvalue weighted by molar-refractivity contribution is 0.385. The largest absolute Gasteiger partial charge is 0.494 e. The molecular formula is C8H10BFO3. The predicted octanol–water partition coefficient (Wildman–Crippen LogP) is -0.177. The Hall–Kier alpha value is -1.07. The van der Waals surface area contributed by atoms with Gasteiger partial charge in [-0.05, 0) is 30.1 Å². The molecule has 3 nitrogen and oxygen atoms in total. The molecule has 70 valence electrons. The van der Waals surface area contributed by atoms with E-state index >= 15 is 0 Å². The fourth-order valence-electron chi connectivity index (χ4n) is 1.10. The van der Waals surface area contributed by atoms with Gasteiger partial charge in [-0.15, -0.1) is 0 Å². The van der Waals surface area contributed by atoms with E-state index in [-0.39, 0.29) is 11.2 Å². The number of ether oxygens (including phenoxy) is 1. The lowest BCUT2D eigenvalue weighted by Crippen LogP contribution is -2.32. The van der Waals surface area contributed by atoms with E-state index in [1.807, 2.05) is 0 Å². The third-order valence-electron chi connectivity index (χ3n) is 1.82. The van der Waals surface area contributed by atoms with Crippen LogP contribution in [0.1, 0.15) is 5.56 Å². The van der Waals surface area contributed by atoms with E-state index in [0.717, 1.165) is 0 Å². The molecule has 1 rings (SSSR count). The molecule has 13 heavy (non-hydrogen) atoms. The molecule has 0 bridgehead atoms. The molecular weight excluding hydrogens is 174 g/mol. The molecule has 0 atom stereocenters. The number of hydrogen-bond acceptors (Lipinski definition) is 3. The summed E-state index contributed by atoms with van der Waals surface area (Å²) in [6.45, 7) is 1.59. The maximum absolute atomic E-state index is 13.0. The van der Waals surface area contributed by atoms with Gasteiger partial charge in [0.05, 0.1) is 7.11 Å². The molecule has 2 N–H and O–H groups in total. The molecule has 1 aromatic carbocycles. The molecule has 0 saturated carbocycles. The maximum atomic E-state index is 13.0. The van der Waals surface area contributed by atoms with Crippen molar-refractivity contribution < 1.29 is 19.2 Å². The van der Waals surface area contributed by atoms with Crippen LogP contribution in [0.25, 0.3) is 0 Å². The number of halogens is 1.